The summed E-state index contributed by atoms with van der Waals surface area (Å²) in [6.07, 6.45) is 1.66. The lowest BCUT2D eigenvalue weighted by molar-refractivity contribution is 0.198. The van der Waals surface area contributed by atoms with Crippen molar-refractivity contribution in [3.63, 3.8) is 0 Å². The van der Waals surface area contributed by atoms with Crippen LogP contribution in [-0.2, 0) is 17.8 Å². The van der Waals surface area contributed by atoms with Gasteiger partial charge in [-0.05, 0) is 6.92 Å². The molecule has 2 rings (SSSR count). The summed E-state index contributed by atoms with van der Waals surface area (Å²) in [6.45, 7) is 4.13. The molecule has 0 spiro atoms. The Bertz CT molecular complexity index is 496. The molecule has 2 aromatic heterocycles. The second-order valence-corrected chi connectivity index (χ2v) is 3.89. The van der Waals surface area contributed by atoms with Gasteiger partial charge in [-0.15, -0.1) is 5.10 Å². The molecule has 0 bridgehead atoms. The zero-order valence-corrected chi connectivity index (χ0v) is 11.0. The number of aromatic nitrogens is 3. The van der Waals surface area contributed by atoms with Crippen LogP contribution in [0.3, 0.4) is 0 Å². The molecule has 19 heavy (non-hydrogen) atoms. The fraction of sp³-hybridized carbons (Fsp3) is 0.545. The van der Waals surface area contributed by atoms with Gasteiger partial charge in [0.05, 0.1) is 25.9 Å². The molecule has 2 N–H and O–H groups in total. The Morgan fingerprint density at radius 2 is 2.11 bits per heavy atom. The van der Waals surface area contributed by atoms with Gasteiger partial charge in [0.1, 0.15) is 5.76 Å². The van der Waals surface area contributed by atoms with Gasteiger partial charge in [0, 0.05) is 13.7 Å². The minimum Gasteiger partial charge on any atom is -0.444 e. The summed E-state index contributed by atoms with van der Waals surface area (Å²) in [7, 11) is 1.65. The molecule has 0 unspecified atom stereocenters. The number of methoxy groups -OCH3 is 1. The molecule has 0 atom stereocenters. The summed E-state index contributed by atoms with van der Waals surface area (Å²) in [5.74, 6) is 1.86. The standard InChI is InChI=1S/C11H17N5O3/c1-8-5-13-9(18-8)7-14-11-16-15-10(19-11)6-12-3-4-17-2/h5,12H,3-4,6-7H2,1-2H3,(H,14,16). The van der Waals surface area contributed by atoms with Crippen molar-refractivity contribution in [2.24, 2.45) is 0 Å². The molecule has 2 aromatic rings. The third-order valence-corrected chi connectivity index (χ3v) is 2.29. The monoisotopic (exact) mass is 267 g/mol. The van der Waals surface area contributed by atoms with Crippen molar-refractivity contribution in [2.75, 3.05) is 25.6 Å². The first-order valence-corrected chi connectivity index (χ1v) is 5.95. The minimum atomic E-state index is 0.347. The molecular formula is C11H17N5O3. The molecular weight excluding hydrogens is 250 g/mol. The van der Waals surface area contributed by atoms with Crippen LogP contribution in [0.4, 0.5) is 6.01 Å². The van der Waals surface area contributed by atoms with Crippen LogP contribution in [0.15, 0.2) is 15.0 Å². The zero-order valence-electron chi connectivity index (χ0n) is 11.0. The molecule has 0 aliphatic heterocycles. The van der Waals surface area contributed by atoms with Crippen molar-refractivity contribution in [3.8, 4) is 0 Å². The first-order valence-electron chi connectivity index (χ1n) is 5.95. The second kappa shape index (κ2) is 6.86. The maximum atomic E-state index is 5.39. The summed E-state index contributed by atoms with van der Waals surface area (Å²) in [6, 6.07) is 0.347. The molecule has 8 nitrogen and oxygen atoms in total. The van der Waals surface area contributed by atoms with Crippen molar-refractivity contribution in [2.45, 2.75) is 20.0 Å². The van der Waals surface area contributed by atoms with E-state index >= 15 is 0 Å². The molecule has 8 heteroatoms. The van der Waals surface area contributed by atoms with Gasteiger partial charge in [0.15, 0.2) is 0 Å². The quantitative estimate of drug-likeness (QED) is 0.675. The number of nitrogens with zero attached hydrogens (tertiary/aromatic N) is 3. The van der Waals surface area contributed by atoms with Crippen molar-refractivity contribution in [1.82, 2.24) is 20.5 Å². The van der Waals surface area contributed by atoms with Crippen molar-refractivity contribution in [3.05, 3.63) is 23.7 Å². The molecule has 0 aromatic carbocycles. The van der Waals surface area contributed by atoms with Gasteiger partial charge < -0.3 is 24.2 Å². The molecule has 0 saturated heterocycles. The molecule has 104 valence electrons. The Kier molecular flexibility index (Phi) is 4.87. The van der Waals surface area contributed by atoms with E-state index in [9.17, 15) is 0 Å². The Morgan fingerprint density at radius 3 is 2.84 bits per heavy atom. The third kappa shape index (κ3) is 4.34. The lowest BCUT2D eigenvalue weighted by Gasteiger charge is -1.99. The van der Waals surface area contributed by atoms with Gasteiger partial charge in [0.2, 0.25) is 11.8 Å². The Morgan fingerprint density at radius 1 is 1.21 bits per heavy atom. The summed E-state index contributed by atoms with van der Waals surface area (Å²) in [4.78, 5) is 4.06. The van der Waals surface area contributed by atoms with Crippen molar-refractivity contribution >= 4 is 6.01 Å². The number of hydrogen-bond acceptors (Lipinski definition) is 8. The molecule has 0 aliphatic rings. The number of oxazole rings is 1. The van der Waals surface area contributed by atoms with E-state index in [0.717, 1.165) is 12.3 Å². The maximum absolute atomic E-state index is 5.39. The van der Waals surface area contributed by atoms with Gasteiger partial charge in [0.25, 0.3) is 0 Å². The molecule has 0 saturated carbocycles. The molecule has 0 amide bonds. The average Bonchev–Trinajstić information content (AvgIpc) is 3.01. The smallest absolute Gasteiger partial charge is 0.315 e. The topological polar surface area (TPSA) is 98.2 Å². The lowest BCUT2D eigenvalue weighted by Crippen LogP contribution is -2.18. The van der Waals surface area contributed by atoms with Crippen molar-refractivity contribution in [1.29, 1.82) is 0 Å². The Labute approximate surface area is 110 Å². The van der Waals surface area contributed by atoms with Gasteiger partial charge in [-0.2, -0.15) is 0 Å². The van der Waals surface area contributed by atoms with E-state index in [4.69, 9.17) is 13.6 Å². The SMILES string of the molecule is COCCNCc1nnc(NCc2ncc(C)o2)o1. The van der Waals surface area contributed by atoms with E-state index in [1.54, 1.807) is 13.3 Å². The number of nitrogens with one attached hydrogen (secondary N) is 2. The van der Waals surface area contributed by atoms with Crippen LogP contribution < -0.4 is 10.6 Å². The number of rotatable bonds is 8. The highest BCUT2D eigenvalue weighted by atomic mass is 16.5. The van der Waals surface area contributed by atoms with Crippen LogP contribution in [0.5, 0.6) is 0 Å². The Hall–Kier alpha value is -1.93. The number of aryl methyl sites for hydroxylation is 1. The largest absolute Gasteiger partial charge is 0.444 e. The maximum Gasteiger partial charge on any atom is 0.315 e. The third-order valence-electron chi connectivity index (χ3n) is 2.29. The first kappa shape index (κ1) is 13.5. The van der Waals surface area contributed by atoms with Crippen LogP contribution in [0.1, 0.15) is 17.5 Å². The van der Waals surface area contributed by atoms with Crippen LogP contribution in [-0.4, -0.2) is 35.4 Å². The summed E-state index contributed by atoms with van der Waals surface area (Å²) >= 11 is 0. The second-order valence-electron chi connectivity index (χ2n) is 3.89. The highest BCUT2D eigenvalue weighted by Crippen LogP contribution is 2.08. The summed E-state index contributed by atoms with van der Waals surface area (Å²) < 4.78 is 15.6. The van der Waals surface area contributed by atoms with Crippen LogP contribution in [0, 0.1) is 6.92 Å². The van der Waals surface area contributed by atoms with E-state index in [1.165, 1.54) is 0 Å². The van der Waals surface area contributed by atoms with Crippen molar-refractivity contribution < 1.29 is 13.6 Å². The fourth-order valence-electron chi connectivity index (χ4n) is 1.40. The lowest BCUT2D eigenvalue weighted by atomic mass is 10.6. The molecule has 2 heterocycles. The minimum absolute atomic E-state index is 0.347. The number of ether oxygens (including phenoxy) is 1. The zero-order chi connectivity index (χ0) is 13.5. The van der Waals surface area contributed by atoms with Gasteiger partial charge in [-0.25, -0.2) is 4.98 Å². The van der Waals surface area contributed by atoms with Gasteiger partial charge in [-0.1, -0.05) is 5.10 Å². The summed E-state index contributed by atoms with van der Waals surface area (Å²) in [5, 5.41) is 13.8. The van der Waals surface area contributed by atoms with Crippen LogP contribution in [0.2, 0.25) is 0 Å². The predicted molar refractivity (Wildman–Crippen MR) is 66.4 cm³/mol. The van der Waals surface area contributed by atoms with Crippen LogP contribution >= 0.6 is 0 Å². The highest BCUT2D eigenvalue weighted by molar-refractivity contribution is 5.17. The molecule has 0 radical (unpaired) electrons. The van der Waals surface area contributed by atoms with Gasteiger partial charge in [-0.3, -0.25) is 0 Å². The van der Waals surface area contributed by atoms with E-state index in [2.05, 4.69) is 25.8 Å². The summed E-state index contributed by atoms with van der Waals surface area (Å²) in [5.41, 5.74) is 0. The average molecular weight is 267 g/mol. The van der Waals surface area contributed by atoms with E-state index < -0.39 is 0 Å². The molecule has 0 fully saturated rings. The number of hydrogen-bond donors (Lipinski definition) is 2. The van der Waals surface area contributed by atoms with E-state index in [1.807, 2.05) is 6.92 Å². The number of anilines is 1. The predicted octanol–water partition coefficient (Wildman–Crippen LogP) is 0.714. The fourth-order valence-corrected chi connectivity index (χ4v) is 1.40. The molecule has 0 aliphatic carbocycles. The highest BCUT2D eigenvalue weighted by Gasteiger charge is 2.06. The first-order chi connectivity index (χ1) is 9.28. The van der Waals surface area contributed by atoms with E-state index in [0.29, 0.717) is 37.5 Å². The van der Waals surface area contributed by atoms with E-state index in [-0.39, 0.29) is 0 Å². The normalized spacial score (nSPS) is 10.8. The Balaban J connectivity index is 1.74. The van der Waals surface area contributed by atoms with Gasteiger partial charge >= 0.3 is 6.01 Å². The van der Waals surface area contributed by atoms with Crippen LogP contribution in [0.25, 0.3) is 0 Å².